The summed E-state index contributed by atoms with van der Waals surface area (Å²) in [6, 6.07) is -4.84. The first-order chi connectivity index (χ1) is 60.5. The van der Waals surface area contributed by atoms with Gasteiger partial charge in [-0.15, -0.1) is 0 Å². The van der Waals surface area contributed by atoms with Crippen LogP contribution < -0.4 is 16.0 Å². The van der Waals surface area contributed by atoms with Crippen LogP contribution in [0.5, 0.6) is 0 Å². The molecule has 0 aromatic rings. The van der Waals surface area contributed by atoms with Crippen molar-refractivity contribution in [3.8, 4) is 0 Å². The Labute approximate surface area is 739 Å². The van der Waals surface area contributed by atoms with Crippen LogP contribution in [0.2, 0.25) is 0 Å². The molecule has 7 aliphatic heterocycles. The van der Waals surface area contributed by atoms with Gasteiger partial charge in [-0.1, -0.05) is 206 Å². The Hall–Kier alpha value is -3.21. The summed E-state index contributed by atoms with van der Waals surface area (Å²) in [5.74, 6) is -2.17. The van der Waals surface area contributed by atoms with Crippen LogP contribution in [0.3, 0.4) is 0 Å². The van der Waals surface area contributed by atoms with Crippen LogP contribution >= 0.6 is 0 Å². The fourth-order valence-electron chi connectivity index (χ4n) is 17.2. The molecule has 7 heterocycles. The van der Waals surface area contributed by atoms with Crippen LogP contribution in [0.4, 0.5) is 0 Å². The van der Waals surface area contributed by atoms with Crippen molar-refractivity contribution in [2.45, 2.75) is 467 Å². The zero-order valence-electron chi connectivity index (χ0n) is 74.0. The smallest absolute Gasteiger partial charge is 0.220 e. The van der Waals surface area contributed by atoms with E-state index in [1.54, 1.807) is 6.08 Å². The number of carbonyl (C=O) groups is 3. The van der Waals surface area contributed by atoms with Gasteiger partial charge in [0.2, 0.25) is 17.7 Å². The Morgan fingerprint density at radius 3 is 1.10 bits per heavy atom. The molecule has 40 heteroatoms. The predicted octanol–water partition coefficient (Wildman–Crippen LogP) is -2.01. The number of hydrogen-bond acceptors (Lipinski definition) is 37. The number of rotatable bonds is 58. The van der Waals surface area contributed by atoms with Crippen molar-refractivity contribution in [3.63, 3.8) is 0 Å². The molecular weight excluding hydrogens is 1670 g/mol. The van der Waals surface area contributed by atoms with Gasteiger partial charge < -0.3 is 184 Å². The van der Waals surface area contributed by atoms with Crippen LogP contribution in [0.1, 0.15) is 240 Å². The van der Waals surface area contributed by atoms with E-state index in [9.17, 15) is 117 Å². The minimum Gasteiger partial charge on any atom is -0.394 e. The number of unbranched alkanes of at least 4 members (excludes halogenated alkanes) is 29. The number of amides is 3. The molecule has 7 rings (SSSR count). The van der Waals surface area contributed by atoms with E-state index in [2.05, 4.69) is 29.8 Å². The van der Waals surface area contributed by atoms with Crippen molar-refractivity contribution in [1.82, 2.24) is 16.0 Å². The summed E-state index contributed by atoms with van der Waals surface area (Å²) in [6.45, 7) is 0.994. The molecule has 3 amide bonds. The second-order valence-electron chi connectivity index (χ2n) is 34.9. The minimum atomic E-state index is -2.37. The third kappa shape index (κ3) is 32.8. The molecular formula is C86H155N3O37. The summed E-state index contributed by atoms with van der Waals surface area (Å²) >= 11 is 0. The topological polar surface area (TPSA) is 621 Å². The lowest BCUT2D eigenvalue weighted by molar-refractivity contribution is -0.392. The van der Waals surface area contributed by atoms with Gasteiger partial charge in [0, 0.05) is 20.3 Å². The number of aliphatic hydroxyl groups is 20. The molecule has 23 N–H and O–H groups in total. The molecule has 736 valence electrons. The van der Waals surface area contributed by atoms with E-state index < -0.39 is 285 Å². The summed E-state index contributed by atoms with van der Waals surface area (Å²) in [4.78, 5) is 40.1. The van der Waals surface area contributed by atoms with Gasteiger partial charge in [-0.2, -0.15) is 0 Å². The predicted molar refractivity (Wildman–Crippen MR) is 443 cm³/mol. The van der Waals surface area contributed by atoms with E-state index in [4.69, 9.17) is 66.3 Å². The highest BCUT2D eigenvalue weighted by Crippen LogP contribution is 2.40. The molecule has 126 heavy (non-hydrogen) atoms. The highest BCUT2D eigenvalue weighted by atomic mass is 16.8. The third-order valence-electron chi connectivity index (χ3n) is 24.8. The Morgan fingerprint density at radius 1 is 0.325 bits per heavy atom. The van der Waals surface area contributed by atoms with E-state index in [0.717, 1.165) is 65.2 Å². The van der Waals surface area contributed by atoms with Gasteiger partial charge in [0.1, 0.15) is 165 Å². The number of hydrogen-bond donors (Lipinski definition) is 23. The van der Waals surface area contributed by atoms with Gasteiger partial charge in [0.05, 0.1) is 64.5 Å². The van der Waals surface area contributed by atoms with Crippen LogP contribution in [-0.2, 0) is 80.7 Å². The standard InChI is InChI=1S/C86H155N3O37/c1-6-8-10-12-14-16-18-20-21-22-23-24-25-27-29-31-33-35-37-39-58(99)89-50(51(98)38-36-34-32-30-28-26-19-17-15-13-11-9-7-2)46-113-82-71(110)67(106)75(55(43-93)119-82)122-85-72(111)68(107)74(56(44-94)120-85)121-80-59(87-48(4)96)77(63(102)53(41-91)115-80)124-86-73(112)79(64(103)54(42-92)117-86)126-81-60(88-49(5)97)78(125-83-69(108)65(104)61(100)47(3)114-83)76(57(45-95)118-81)123-84-70(109)66(105)62(101)52(40-90)116-84/h36,38,47,50-57,59-86,90-95,98,100-112H,6-35,37,39-46H2,1-5H3,(H,87,96)(H,88,97)(H,89,99)/b38-36+/t47?,50-,51+,52?,53?,54?,55?,56?,57?,59?,60?,61+,62-,63-,64-,65?,66-,67+,68+,69-,70?,71?,72?,73?,74-,75+,76+,77+,78+,79-,80-,81-,82+,83+,84-,85-,86-/m0/s1. The molecule has 0 spiro atoms. The van der Waals surface area contributed by atoms with Crippen molar-refractivity contribution < 1.29 is 183 Å². The van der Waals surface area contributed by atoms with Crippen LogP contribution in [0.25, 0.3) is 0 Å². The first-order valence-electron chi connectivity index (χ1n) is 46.3. The number of carbonyl (C=O) groups excluding carboxylic acids is 3. The number of ether oxygens (including phenoxy) is 14. The first-order valence-corrected chi connectivity index (χ1v) is 46.3. The molecule has 0 aromatic carbocycles. The molecule has 0 bridgehead atoms. The van der Waals surface area contributed by atoms with Gasteiger partial charge in [0.25, 0.3) is 0 Å². The lowest BCUT2D eigenvalue weighted by Crippen LogP contribution is -2.71. The van der Waals surface area contributed by atoms with E-state index >= 15 is 0 Å². The molecule has 0 radical (unpaired) electrons. The van der Waals surface area contributed by atoms with Gasteiger partial charge >= 0.3 is 0 Å². The van der Waals surface area contributed by atoms with Gasteiger partial charge in [-0.05, 0) is 26.2 Å². The summed E-state index contributed by atoms with van der Waals surface area (Å²) in [5.41, 5.74) is 0. The second kappa shape index (κ2) is 58.2. The van der Waals surface area contributed by atoms with Crippen LogP contribution in [0, 0.1) is 0 Å². The first kappa shape index (κ1) is 110. The van der Waals surface area contributed by atoms with E-state index in [-0.39, 0.29) is 12.3 Å². The van der Waals surface area contributed by atoms with E-state index in [0.29, 0.717) is 12.8 Å². The summed E-state index contributed by atoms with van der Waals surface area (Å²) in [6.07, 6.45) is -26.1. The molecule has 7 aliphatic rings. The molecule has 0 aliphatic carbocycles. The zero-order chi connectivity index (χ0) is 92.1. The number of allylic oxidation sites excluding steroid dienone is 1. The van der Waals surface area contributed by atoms with Crippen molar-refractivity contribution in [3.05, 3.63) is 12.2 Å². The lowest BCUT2D eigenvalue weighted by atomic mass is 9.93. The highest BCUT2D eigenvalue weighted by Gasteiger charge is 2.60. The Bertz CT molecular complexity index is 2980. The van der Waals surface area contributed by atoms with Gasteiger partial charge in [-0.25, -0.2) is 0 Å². The van der Waals surface area contributed by atoms with Gasteiger partial charge in [0.15, 0.2) is 44.0 Å². The fourth-order valence-corrected chi connectivity index (χ4v) is 17.2. The summed E-state index contributed by atoms with van der Waals surface area (Å²) in [5, 5.41) is 232. The van der Waals surface area contributed by atoms with Gasteiger partial charge in [-0.3, -0.25) is 14.4 Å². The minimum absolute atomic E-state index is 0.169. The largest absolute Gasteiger partial charge is 0.394 e. The maximum absolute atomic E-state index is 13.6. The maximum atomic E-state index is 13.6. The van der Waals surface area contributed by atoms with Crippen LogP contribution in [-0.4, -0.2) is 393 Å². The summed E-state index contributed by atoms with van der Waals surface area (Å²) < 4.78 is 84.2. The molecule has 7 saturated heterocycles. The SMILES string of the molecule is CCCCCCCCCCCCC/C=C/[C@@H](O)[C@H](CO[C@@H]1OC(CO)[C@@H](O[C@@H]2OC(CO)[C@H](O[C@@H]3OC(CO)[C@H](O)[C@H](O[C@@H]4OC(CO)[C@H](O)[C@H](O[C@@H]5OC(CO)[C@@H](O[C@@H]6OC(CO)[C@H](O)[C@H](O)C6O)[C@H](O[C@H]6OC(C)[C@@H](O)C(O)[C@@H]6O)C5NC(C)=O)C4O)C3NC(C)=O)[C@H](O)C2O)[C@H](O)C1O)NC(=O)CCCCCCCCCCCCCCCCCCCCC. The fraction of sp³-hybridized carbons (Fsp3) is 0.942. The van der Waals surface area contributed by atoms with Crippen molar-refractivity contribution in [2.75, 3.05) is 46.2 Å². The Kier molecular flexibility index (Phi) is 50.7. The normalized spacial score (nSPS) is 38.1. The maximum Gasteiger partial charge on any atom is 0.220 e. The van der Waals surface area contributed by atoms with Crippen molar-refractivity contribution >= 4 is 17.7 Å². The Balaban J connectivity index is 0.998. The van der Waals surface area contributed by atoms with Crippen LogP contribution in [0.15, 0.2) is 12.2 Å². The zero-order valence-corrected chi connectivity index (χ0v) is 74.0. The van der Waals surface area contributed by atoms with Crippen molar-refractivity contribution in [2.24, 2.45) is 0 Å². The van der Waals surface area contributed by atoms with E-state index in [1.165, 1.54) is 142 Å². The lowest BCUT2D eigenvalue weighted by Gasteiger charge is -2.52. The second-order valence-corrected chi connectivity index (χ2v) is 34.9. The molecule has 37 atom stereocenters. The number of nitrogens with one attached hydrogen (secondary N) is 3. The Morgan fingerprint density at radius 2 is 0.643 bits per heavy atom. The van der Waals surface area contributed by atoms with E-state index in [1.807, 2.05) is 6.08 Å². The monoisotopic (exact) mass is 1820 g/mol. The average Bonchev–Trinajstić information content (AvgIpc) is 0.750. The molecule has 14 unspecified atom stereocenters. The third-order valence-corrected chi connectivity index (χ3v) is 24.8. The molecule has 7 fully saturated rings. The quantitative estimate of drug-likeness (QED) is 0.0231. The molecule has 40 nitrogen and oxygen atoms in total. The molecule has 0 saturated carbocycles. The molecule has 0 aromatic heterocycles. The average molecular weight is 1820 g/mol. The highest BCUT2D eigenvalue weighted by molar-refractivity contribution is 5.76. The summed E-state index contributed by atoms with van der Waals surface area (Å²) in [7, 11) is 0. The number of aliphatic hydroxyl groups excluding tert-OH is 20. The van der Waals surface area contributed by atoms with Crippen molar-refractivity contribution in [1.29, 1.82) is 0 Å².